The van der Waals surface area contributed by atoms with Gasteiger partial charge in [-0.25, -0.2) is 4.79 Å². The molecule has 1 aromatic heterocycles. The van der Waals surface area contributed by atoms with Gasteiger partial charge in [-0.15, -0.1) is 11.8 Å². The van der Waals surface area contributed by atoms with Crippen LogP contribution in [0.2, 0.25) is 0 Å². The number of nitrogens with zero attached hydrogens (tertiary/aromatic N) is 2. The minimum absolute atomic E-state index is 0.213. The molecule has 4 rings (SSSR count). The number of hydrogen-bond acceptors (Lipinski definition) is 5. The number of hydrogen-bond donors (Lipinski definition) is 1. The molecule has 2 heterocycles. The maximum atomic E-state index is 12.4. The molecule has 2 aromatic rings. The lowest BCUT2D eigenvalue weighted by Crippen LogP contribution is -2.22. The van der Waals surface area contributed by atoms with Crippen molar-refractivity contribution in [2.24, 2.45) is 0 Å². The molecule has 0 radical (unpaired) electrons. The monoisotopic (exact) mass is 358 g/mol. The van der Waals surface area contributed by atoms with Gasteiger partial charge in [0.25, 0.3) is 0 Å². The van der Waals surface area contributed by atoms with E-state index in [0.29, 0.717) is 12.3 Å². The molecule has 2 aliphatic rings. The van der Waals surface area contributed by atoms with Crippen molar-refractivity contribution in [3.05, 3.63) is 35.5 Å². The van der Waals surface area contributed by atoms with Crippen LogP contribution >= 0.6 is 11.8 Å². The van der Waals surface area contributed by atoms with Crippen LogP contribution in [-0.2, 0) is 10.5 Å². The second-order valence-electron chi connectivity index (χ2n) is 6.59. The third-order valence-electron chi connectivity index (χ3n) is 5.00. The summed E-state index contributed by atoms with van der Waals surface area (Å²) in [6.45, 7) is 2.16. The minimum Gasteiger partial charge on any atom is -0.461 e. The second-order valence-corrected chi connectivity index (χ2v) is 7.61. The number of rotatable bonds is 3. The van der Waals surface area contributed by atoms with Gasteiger partial charge >= 0.3 is 5.97 Å². The van der Waals surface area contributed by atoms with Crippen LogP contribution in [-0.4, -0.2) is 33.6 Å². The first-order valence-corrected chi connectivity index (χ1v) is 9.86. The van der Waals surface area contributed by atoms with Crippen LogP contribution in [0, 0.1) is 0 Å². The molecular formula is C19H22N2O3S. The number of ether oxygens (including phenoxy) is 1. The minimum atomic E-state index is -0.340. The van der Waals surface area contributed by atoms with Gasteiger partial charge in [0.05, 0.1) is 24.4 Å². The van der Waals surface area contributed by atoms with E-state index in [1.807, 2.05) is 23.7 Å². The zero-order valence-corrected chi connectivity index (χ0v) is 15.1. The first kappa shape index (κ1) is 16.7. The molecular weight excluding hydrogens is 336 g/mol. The molecule has 1 fully saturated rings. The van der Waals surface area contributed by atoms with Crippen molar-refractivity contribution in [3.8, 4) is 11.3 Å². The molecule has 6 heteroatoms. The van der Waals surface area contributed by atoms with Crippen molar-refractivity contribution >= 4 is 17.7 Å². The van der Waals surface area contributed by atoms with E-state index >= 15 is 0 Å². The van der Waals surface area contributed by atoms with Crippen molar-refractivity contribution in [1.82, 2.24) is 9.78 Å². The highest BCUT2D eigenvalue weighted by Gasteiger charge is 2.32. The zero-order chi connectivity index (χ0) is 17.4. The van der Waals surface area contributed by atoms with Crippen LogP contribution in [0.3, 0.4) is 0 Å². The van der Waals surface area contributed by atoms with Gasteiger partial charge in [-0.05, 0) is 38.7 Å². The summed E-state index contributed by atoms with van der Waals surface area (Å²) in [6.07, 6.45) is 3.12. The summed E-state index contributed by atoms with van der Waals surface area (Å²) < 4.78 is 7.27. The first-order valence-electron chi connectivity index (χ1n) is 8.87. The summed E-state index contributed by atoms with van der Waals surface area (Å²) in [5.74, 6) is 0.392. The Morgan fingerprint density at radius 1 is 1.32 bits per heavy atom. The van der Waals surface area contributed by atoms with Crippen molar-refractivity contribution < 1.29 is 14.6 Å². The highest BCUT2D eigenvalue weighted by Crippen LogP contribution is 2.45. The Morgan fingerprint density at radius 2 is 2.08 bits per heavy atom. The zero-order valence-electron chi connectivity index (χ0n) is 14.3. The third-order valence-corrected chi connectivity index (χ3v) is 6.10. The van der Waals surface area contributed by atoms with Gasteiger partial charge in [0.1, 0.15) is 0 Å². The highest BCUT2D eigenvalue weighted by molar-refractivity contribution is 7.98. The molecule has 1 saturated carbocycles. The molecule has 0 saturated heterocycles. The summed E-state index contributed by atoms with van der Waals surface area (Å²) >= 11 is 1.74. The van der Waals surface area contributed by atoms with E-state index in [2.05, 4.69) is 12.1 Å². The average molecular weight is 358 g/mol. The van der Waals surface area contributed by atoms with Crippen molar-refractivity contribution in [2.45, 2.75) is 55.4 Å². The molecule has 1 aliphatic carbocycles. The molecule has 0 spiro atoms. The summed E-state index contributed by atoms with van der Waals surface area (Å²) in [4.78, 5) is 13.7. The van der Waals surface area contributed by atoms with Gasteiger partial charge in [-0.1, -0.05) is 18.2 Å². The molecule has 0 amide bonds. The van der Waals surface area contributed by atoms with Crippen LogP contribution in [0.1, 0.15) is 54.7 Å². The van der Waals surface area contributed by atoms with E-state index in [-0.39, 0.29) is 18.1 Å². The number of aromatic nitrogens is 2. The summed E-state index contributed by atoms with van der Waals surface area (Å²) in [5.41, 5.74) is 3.62. The third kappa shape index (κ3) is 2.98. The average Bonchev–Trinajstić information content (AvgIpc) is 3.03. The number of esters is 1. The molecule has 0 atom stereocenters. The predicted octanol–water partition coefficient (Wildman–Crippen LogP) is 3.81. The van der Waals surface area contributed by atoms with Gasteiger partial charge in [-0.3, -0.25) is 4.68 Å². The summed E-state index contributed by atoms with van der Waals surface area (Å²) in [7, 11) is 0. The quantitative estimate of drug-likeness (QED) is 0.845. The lowest BCUT2D eigenvalue weighted by Gasteiger charge is -2.28. The maximum Gasteiger partial charge on any atom is 0.359 e. The van der Waals surface area contributed by atoms with Crippen LogP contribution < -0.4 is 0 Å². The molecule has 5 nitrogen and oxygen atoms in total. The Morgan fingerprint density at radius 3 is 2.84 bits per heavy atom. The Balaban J connectivity index is 1.83. The number of carbonyl (C=O) groups is 1. The molecule has 1 aromatic carbocycles. The lowest BCUT2D eigenvalue weighted by molar-refractivity contribution is 0.0515. The van der Waals surface area contributed by atoms with Gasteiger partial charge in [0.2, 0.25) is 0 Å². The Kier molecular flexibility index (Phi) is 4.56. The Labute approximate surface area is 151 Å². The maximum absolute atomic E-state index is 12.4. The SMILES string of the molecule is CCOC(=O)c1nn(C2CCC(O)CC2)c2c1CSc1ccccc1-2. The molecule has 1 aliphatic heterocycles. The molecule has 0 unspecified atom stereocenters. The van der Waals surface area contributed by atoms with E-state index in [1.165, 1.54) is 4.90 Å². The van der Waals surface area contributed by atoms with Crippen molar-refractivity contribution in [1.29, 1.82) is 0 Å². The van der Waals surface area contributed by atoms with Crippen LogP contribution in [0.5, 0.6) is 0 Å². The number of aliphatic hydroxyl groups excluding tert-OH is 1. The van der Waals surface area contributed by atoms with Crippen molar-refractivity contribution in [2.75, 3.05) is 6.61 Å². The smallest absolute Gasteiger partial charge is 0.359 e. The fourth-order valence-electron chi connectivity index (χ4n) is 3.76. The van der Waals surface area contributed by atoms with Gasteiger partial charge in [0.15, 0.2) is 5.69 Å². The predicted molar refractivity (Wildman–Crippen MR) is 96.7 cm³/mol. The summed E-state index contributed by atoms with van der Waals surface area (Å²) in [6, 6.07) is 8.51. The van der Waals surface area contributed by atoms with Gasteiger partial charge < -0.3 is 9.84 Å². The summed E-state index contributed by atoms with van der Waals surface area (Å²) in [5, 5.41) is 14.5. The first-order chi connectivity index (χ1) is 12.2. The van der Waals surface area contributed by atoms with Crippen LogP contribution in [0.25, 0.3) is 11.3 Å². The van der Waals surface area contributed by atoms with Crippen LogP contribution in [0.4, 0.5) is 0 Å². The normalized spacial score (nSPS) is 22.2. The van der Waals surface area contributed by atoms with E-state index in [0.717, 1.165) is 48.3 Å². The Bertz CT molecular complexity index is 794. The van der Waals surface area contributed by atoms with Gasteiger partial charge in [-0.2, -0.15) is 5.10 Å². The Hall–Kier alpha value is -1.79. The number of fused-ring (bicyclic) bond motifs is 3. The van der Waals surface area contributed by atoms with E-state index in [9.17, 15) is 9.90 Å². The molecule has 25 heavy (non-hydrogen) atoms. The number of carbonyl (C=O) groups excluding carboxylic acids is 1. The van der Waals surface area contributed by atoms with Gasteiger partial charge in [0, 0.05) is 21.8 Å². The molecule has 1 N–H and O–H groups in total. The van der Waals surface area contributed by atoms with E-state index in [1.54, 1.807) is 11.8 Å². The van der Waals surface area contributed by atoms with E-state index < -0.39 is 0 Å². The standard InChI is InChI=1S/C19H22N2O3S/c1-2-24-19(23)17-15-11-25-16-6-4-3-5-14(16)18(15)21(20-17)12-7-9-13(22)10-8-12/h3-6,12-13,22H,2,7-11H2,1H3. The number of aliphatic hydroxyl groups is 1. The molecule has 132 valence electrons. The number of thioether (sulfide) groups is 1. The highest BCUT2D eigenvalue weighted by atomic mass is 32.2. The van der Waals surface area contributed by atoms with Crippen molar-refractivity contribution in [3.63, 3.8) is 0 Å². The second kappa shape index (κ2) is 6.84. The fourth-order valence-corrected chi connectivity index (χ4v) is 4.83. The topological polar surface area (TPSA) is 64.3 Å². The van der Waals surface area contributed by atoms with E-state index in [4.69, 9.17) is 9.84 Å². The van der Waals surface area contributed by atoms with Crippen LogP contribution in [0.15, 0.2) is 29.2 Å². The lowest BCUT2D eigenvalue weighted by atomic mass is 9.92. The molecule has 0 bridgehead atoms. The number of benzene rings is 1. The largest absolute Gasteiger partial charge is 0.461 e. The fraction of sp³-hybridized carbons (Fsp3) is 0.474.